The Bertz CT molecular complexity index is 1530. The Balaban J connectivity index is 1.66. The Kier molecular flexibility index (Phi) is 7.97. The van der Waals surface area contributed by atoms with Crippen LogP contribution in [0.3, 0.4) is 0 Å². The van der Waals surface area contributed by atoms with Crippen molar-refractivity contribution in [2.24, 2.45) is 5.10 Å². The summed E-state index contributed by atoms with van der Waals surface area (Å²) < 4.78 is 16.0. The van der Waals surface area contributed by atoms with Crippen LogP contribution in [0.4, 0.5) is 0 Å². The molecule has 1 aromatic heterocycles. The Morgan fingerprint density at radius 1 is 0.921 bits per heavy atom. The van der Waals surface area contributed by atoms with Gasteiger partial charge in [0.2, 0.25) is 5.75 Å². The van der Waals surface area contributed by atoms with Gasteiger partial charge in [-0.1, -0.05) is 36.4 Å². The van der Waals surface area contributed by atoms with Crippen molar-refractivity contribution in [3.05, 3.63) is 93.9 Å². The van der Waals surface area contributed by atoms with Crippen LogP contribution >= 0.6 is 0 Å². The number of aromatic nitrogens is 2. The van der Waals surface area contributed by atoms with Crippen LogP contribution in [0.5, 0.6) is 17.2 Å². The van der Waals surface area contributed by atoms with E-state index in [-0.39, 0.29) is 5.69 Å². The molecule has 0 fully saturated rings. The highest BCUT2D eigenvalue weighted by molar-refractivity contribution is 5.99. The van der Waals surface area contributed by atoms with Gasteiger partial charge in [0.05, 0.1) is 32.9 Å². The largest absolute Gasteiger partial charge is 0.493 e. The van der Waals surface area contributed by atoms with Crippen molar-refractivity contribution in [3.8, 4) is 17.2 Å². The van der Waals surface area contributed by atoms with E-state index >= 15 is 0 Å². The number of hydrogen-bond donors (Lipinski definition) is 3. The third-order valence-corrected chi connectivity index (χ3v) is 5.65. The molecule has 0 saturated carbocycles. The highest BCUT2D eigenvalue weighted by Crippen LogP contribution is 2.37. The summed E-state index contributed by atoms with van der Waals surface area (Å²) >= 11 is 0. The van der Waals surface area contributed by atoms with Crippen LogP contribution in [0.25, 0.3) is 10.8 Å². The van der Waals surface area contributed by atoms with Crippen LogP contribution < -0.4 is 30.5 Å². The predicted molar refractivity (Wildman–Crippen MR) is 141 cm³/mol. The topological polar surface area (TPSA) is 144 Å². The molecular formula is C27H25N5O6. The third-order valence-electron chi connectivity index (χ3n) is 5.65. The van der Waals surface area contributed by atoms with Gasteiger partial charge in [-0.25, -0.2) is 10.5 Å². The molecule has 0 radical (unpaired) electrons. The Labute approximate surface area is 217 Å². The Hall–Kier alpha value is -5.19. The van der Waals surface area contributed by atoms with E-state index in [0.717, 1.165) is 0 Å². The number of carbonyl (C=O) groups is 2. The smallest absolute Gasteiger partial charge is 0.272 e. The summed E-state index contributed by atoms with van der Waals surface area (Å²) in [4.78, 5) is 38.6. The average molecular weight is 516 g/mol. The highest BCUT2D eigenvalue weighted by Gasteiger charge is 2.27. The first-order chi connectivity index (χ1) is 18.5. The first-order valence-corrected chi connectivity index (χ1v) is 11.4. The van der Waals surface area contributed by atoms with Gasteiger partial charge in [0.15, 0.2) is 17.5 Å². The van der Waals surface area contributed by atoms with Crippen molar-refractivity contribution >= 4 is 28.8 Å². The fourth-order valence-electron chi connectivity index (χ4n) is 3.83. The third kappa shape index (κ3) is 5.46. The van der Waals surface area contributed by atoms with Gasteiger partial charge >= 0.3 is 0 Å². The number of H-pyrrole nitrogens is 1. The molecule has 0 aliphatic carbocycles. The van der Waals surface area contributed by atoms with Crippen molar-refractivity contribution < 1.29 is 23.8 Å². The SMILES string of the molecule is COc1cc(/C=N\NC(=O)[C@H](NC(=O)c2ccccc2)c2n[nH]c(=O)c3ccccc23)cc(OC)c1OC. The fourth-order valence-corrected chi connectivity index (χ4v) is 3.83. The summed E-state index contributed by atoms with van der Waals surface area (Å²) in [6.45, 7) is 0. The van der Waals surface area contributed by atoms with Gasteiger partial charge in [-0.05, 0) is 30.3 Å². The normalized spacial score (nSPS) is 11.7. The summed E-state index contributed by atoms with van der Waals surface area (Å²) in [5.41, 5.74) is 3.08. The zero-order chi connectivity index (χ0) is 27.1. The van der Waals surface area contributed by atoms with E-state index in [2.05, 4.69) is 26.0 Å². The molecule has 0 unspecified atom stereocenters. The summed E-state index contributed by atoms with van der Waals surface area (Å²) in [6, 6.07) is 17.1. The lowest BCUT2D eigenvalue weighted by Gasteiger charge is -2.18. The minimum absolute atomic E-state index is 0.157. The standard InChI is InChI=1S/C27H25N5O6/c1-36-20-13-16(14-21(37-2)24(20)38-3)15-28-31-27(35)23(29-25(33)17-9-5-4-6-10-17)22-18-11-7-8-12-19(18)26(34)32-30-22/h4-15,23H,1-3H3,(H,29,33)(H,31,35)(H,32,34)/b28-15-/t23-/m1/s1. The molecule has 3 N–H and O–H groups in total. The Morgan fingerprint density at radius 2 is 1.55 bits per heavy atom. The second kappa shape index (κ2) is 11.7. The number of nitrogens with zero attached hydrogens (tertiary/aromatic N) is 2. The number of carbonyl (C=O) groups excluding carboxylic acids is 2. The van der Waals surface area contributed by atoms with E-state index < -0.39 is 23.4 Å². The van der Waals surface area contributed by atoms with Crippen LogP contribution in [0.15, 0.2) is 76.6 Å². The number of fused-ring (bicyclic) bond motifs is 1. The molecule has 11 nitrogen and oxygen atoms in total. The van der Waals surface area contributed by atoms with E-state index in [1.807, 2.05) is 0 Å². The molecule has 38 heavy (non-hydrogen) atoms. The van der Waals surface area contributed by atoms with Crippen LogP contribution in [0.1, 0.15) is 27.7 Å². The number of ether oxygens (including phenoxy) is 3. The maximum atomic E-state index is 13.3. The van der Waals surface area contributed by atoms with Gasteiger partial charge in [-0.2, -0.15) is 10.2 Å². The lowest BCUT2D eigenvalue weighted by atomic mass is 10.0. The van der Waals surface area contributed by atoms with Gasteiger partial charge < -0.3 is 19.5 Å². The quantitative estimate of drug-likeness (QED) is 0.230. The molecule has 194 valence electrons. The summed E-state index contributed by atoms with van der Waals surface area (Å²) in [7, 11) is 4.47. The first kappa shape index (κ1) is 25.9. The van der Waals surface area contributed by atoms with Crippen molar-refractivity contribution in [2.75, 3.05) is 21.3 Å². The summed E-state index contributed by atoms with van der Waals surface area (Å²) in [5.74, 6) is 0.0584. The molecule has 0 aliphatic heterocycles. The van der Waals surface area contributed by atoms with Crippen LogP contribution in [0.2, 0.25) is 0 Å². The summed E-state index contributed by atoms with van der Waals surface area (Å²) in [5, 5.41) is 14.0. The number of benzene rings is 3. The molecule has 4 rings (SSSR count). The maximum Gasteiger partial charge on any atom is 0.272 e. The second-order valence-corrected chi connectivity index (χ2v) is 7.95. The minimum atomic E-state index is -1.28. The van der Waals surface area contributed by atoms with Gasteiger partial charge in [0, 0.05) is 16.5 Å². The van der Waals surface area contributed by atoms with Crippen molar-refractivity contribution in [1.82, 2.24) is 20.9 Å². The van der Waals surface area contributed by atoms with Crippen molar-refractivity contribution in [2.45, 2.75) is 6.04 Å². The molecule has 0 aliphatic rings. The lowest BCUT2D eigenvalue weighted by Crippen LogP contribution is -2.40. The zero-order valence-electron chi connectivity index (χ0n) is 20.8. The van der Waals surface area contributed by atoms with Gasteiger partial charge in [0.25, 0.3) is 17.4 Å². The van der Waals surface area contributed by atoms with E-state index in [1.165, 1.54) is 27.5 Å². The molecule has 0 spiro atoms. The van der Waals surface area contributed by atoms with Crippen LogP contribution in [-0.4, -0.2) is 49.6 Å². The molecule has 1 heterocycles. The number of hydrazone groups is 1. The monoisotopic (exact) mass is 515 g/mol. The van der Waals surface area contributed by atoms with Gasteiger partial charge in [-0.3, -0.25) is 14.4 Å². The van der Waals surface area contributed by atoms with Crippen LogP contribution in [-0.2, 0) is 4.79 Å². The predicted octanol–water partition coefficient (Wildman–Crippen LogP) is 2.57. The molecule has 1 atom stereocenters. The zero-order valence-corrected chi connectivity index (χ0v) is 20.8. The van der Waals surface area contributed by atoms with E-state index in [4.69, 9.17) is 14.2 Å². The first-order valence-electron chi connectivity index (χ1n) is 11.4. The molecule has 4 aromatic rings. The van der Waals surface area contributed by atoms with Crippen LogP contribution in [0, 0.1) is 0 Å². The molecule has 11 heteroatoms. The molecule has 0 bridgehead atoms. The van der Waals surface area contributed by atoms with E-state index in [1.54, 1.807) is 66.7 Å². The fraction of sp³-hybridized carbons (Fsp3) is 0.148. The number of methoxy groups -OCH3 is 3. The molecule has 3 aromatic carbocycles. The van der Waals surface area contributed by atoms with Crippen molar-refractivity contribution in [1.29, 1.82) is 0 Å². The molecule has 0 saturated heterocycles. The van der Waals surface area contributed by atoms with Crippen molar-refractivity contribution in [3.63, 3.8) is 0 Å². The minimum Gasteiger partial charge on any atom is -0.493 e. The number of rotatable bonds is 9. The maximum absolute atomic E-state index is 13.3. The number of amides is 2. The average Bonchev–Trinajstić information content (AvgIpc) is 2.96. The number of aromatic amines is 1. The molecule has 2 amide bonds. The van der Waals surface area contributed by atoms with E-state index in [9.17, 15) is 14.4 Å². The number of nitrogens with one attached hydrogen (secondary N) is 3. The number of hydrogen-bond acceptors (Lipinski definition) is 8. The van der Waals surface area contributed by atoms with Gasteiger partial charge in [-0.15, -0.1) is 0 Å². The summed E-state index contributed by atoms with van der Waals surface area (Å²) in [6.07, 6.45) is 1.39. The van der Waals surface area contributed by atoms with Gasteiger partial charge in [0.1, 0.15) is 5.69 Å². The highest BCUT2D eigenvalue weighted by atomic mass is 16.5. The second-order valence-electron chi connectivity index (χ2n) is 7.95. The Morgan fingerprint density at radius 3 is 2.18 bits per heavy atom. The molecular weight excluding hydrogens is 490 g/mol. The lowest BCUT2D eigenvalue weighted by molar-refractivity contribution is -0.123. The van der Waals surface area contributed by atoms with E-state index in [0.29, 0.717) is 39.1 Å².